The largest absolute Gasteiger partial charge is 0.305 e. The Hall–Kier alpha value is -2.14. The van der Waals surface area contributed by atoms with Crippen molar-refractivity contribution in [2.75, 3.05) is 11.4 Å². The van der Waals surface area contributed by atoms with Gasteiger partial charge in [0.2, 0.25) is 5.91 Å². The molecular formula is C19H24N4O. The molecule has 4 rings (SSSR count). The standard InChI is InChI=1S/C19H24N4O/c1-14-3-5-15(6-4-14)12-22-10-9-18-17(22)7-8-19(24)23(18)16-11-20-21(2)13-16/h3-6,11,13,17-18H,7-10,12H2,1-2H3/t17-,18-/m0/s1. The SMILES string of the molecule is Cc1ccc(CN2CC[C@H]3[C@@H]2CCC(=O)N3c2cnn(C)c2)cc1. The summed E-state index contributed by atoms with van der Waals surface area (Å²) >= 11 is 0. The maximum atomic E-state index is 12.5. The number of benzene rings is 1. The van der Waals surface area contributed by atoms with Crippen LogP contribution in [0.2, 0.25) is 0 Å². The summed E-state index contributed by atoms with van der Waals surface area (Å²) in [4.78, 5) is 17.1. The van der Waals surface area contributed by atoms with Crippen molar-refractivity contribution < 1.29 is 4.79 Å². The van der Waals surface area contributed by atoms with Gasteiger partial charge < -0.3 is 4.90 Å². The number of anilines is 1. The number of piperidine rings is 1. The van der Waals surface area contributed by atoms with E-state index in [0.717, 1.165) is 31.6 Å². The molecule has 0 saturated carbocycles. The van der Waals surface area contributed by atoms with Gasteiger partial charge in [-0.2, -0.15) is 5.10 Å². The van der Waals surface area contributed by atoms with E-state index in [1.165, 1.54) is 11.1 Å². The van der Waals surface area contributed by atoms with Crippen LogP contribution in [0, 0.1) is 6.92 Å². The van der Waals surface area contributed by atoms with Crippen molar-refractivity contribution in [3.63, 3.8) is 0 Å². The Labute approximate surface area is 142 Å². The summed E-state index contributed by atoms with van der Waals surface area (Å²) in [5.41, 5.74) is 3.59. The average molecular weight is 324 g/mol. The van der Waals surface area contributed by atoms with Crippen LogP contribution in [0.1, 0.15) is 30.4 Å². The first-order valence-electron chi connectivity index (χ1n) is 8.72. The minimum absolute atomic E-state index is 0.237. The molecule has 1 aromatic heterocycles. The van der Waals surface area contributed by atoms with E-state index in [0.29, 0.717) is 12.5 Å². The third kappa shape index (κ3) is 2.73. The zero-order valence-electron chi connectivity index (χ0n) is 14.4. The molecule has 0 N–H and O–H groups in total. The highest BCUT2D eigenvalue weighted by atomic mass is 16.2. The second-order valence-electron chi connectivity index (χ2n) is 7.05. The Morgan fingerprint density at radius 2 is 1.96 bits per heavy atom. The van der Waals surface area contributed by atoms with Crippen molar-refractivity contribution in [1.82, 2.24) is 14.7 Å². The predicted octanol–water partition coefficient (Wildman–Crippen LogP) is 2.50. The monoisotopic (exact) mass is 324 g/mol. The molecular weight excluding hydrogens is 300 g/mol. The topological polar surface area (TPSA) is 41.4 Å². The Bertz CT molecular complexity index is 736. The van der Waals surface area contributed by atoms with Gasteiger partial charge in [-0.1, -0.05) is 29.8 Å². The fourth-order valence-corrected chi connectivity index (χ4v) is 4.15. The lowest BCUT2D eigenvalue weighted by atomic mass is 9.95. The number of hydrogen-bond donors (Lipinski definition) is 0. The van der Waals surface area contributed by atoms with E-state index >= 15 is 0 Å². The van der Waals surface area contributed by atoms with Gasteiger partial charge in [0.25, 0.3) is 0 Å². The van der Waals surface area contributed by atoms with Crippen molar-refractivity contribution in [2.45, 2.75) is 44.8 Å². The molecule has 0 aliphatic carbocycles. The Kier molecular flexibility index (Phi) is 3.88. The molecule has 2 fully saturated rings. The minimum atomic E-state index is 0.237. The molecule has 2 atom stereocenters. The molecule has 24 heavy (non-hydrogen) atoms. The van der Waals surface area contributed by atoms with Crippen LogP contribution in [-0.2, 0) is 18.4 Å². The van der Waals surface area contributed by atoms with E-state index in [-0.39, 0.29) is 11.9 Å². The molecule has 2 aliphatic heterocycles. The number of carbonyl (C=O) groups excluding carboxylic acids is 1. The summed E-state index contributed by atoms with van der Waals surface area (Å²) in [6, 6.07) is 9.51. The van der Waals surface area contributed by atoms with E-state index in [9.17, 15) is 4.79 Å². The highest BCUT2D eigenvalue weighted by Crippen LogP contribution is 2.35. The van der Waals surface area contributed by atoms with Crippen LogP contribution in [0.25, 0.3) is 0 Å². The fraction of sp³-hybridized carbons (Fsp3) is 0.474. The van der Waals surface area contributed by atoms with Crippen LogP contribution in [0.5, 0.6) is 0 Å². The predicted molar refractivity (Wildman–Crippen MR) is 93.7 cm³/mol. The Morgan fingerprint density at radius 1 is 1.17 bits per heavy atom. The second-order valence-corrected chi connectivity index (χ2v) is 7.05. The number of aryl methyl sites for hydroxylation is 2. The summed E-state index contributed by atoms with van der Waals surface area (Å²) in [6.45, 7) is 4.14. The zero-order chi connectivity index (χ0) is 16.7. The molecule has 126 valence electrons. The van der Waals surface area contributed by atoms with Gasteiger partial charge in [0, 0.05) is 38.8 Å². The molecule has 1 amide bonds. The molecule has 5 heteroatoms. The number of hydrogen-bond acceptors (Lipinski definition) is 3. The van der Waals surface area contributed by atoms with E-state index in [1.54, 1.807) is 4.68 Å². The maximum absolute atomic E-state index is 12.5. The molecule has 0 radical (unpaired) electrons. The number of rotatable bonds is 3. The summed E-state index contributed by atoms with van der Waals surface area (Å²) in [5.74, 6) is 0.237. The quantitative estimate of drug-likeness (QED) is 0.871. The van der Waals surface area contributed by atoms with Crippen LogP contribution in [0.4, 0.5) is 5.69 Å². The van der Waals surface area contributed by atoms with Gasteiger partial charge in [0.15, 0.2) is 0 Å². The molecule has 2 aromatic rings. The highest BCUT2D eigenvalue weighted by molar-refractivity contribution is 5.94. The molecule has 3 heterocycles. The third-order valence-electron chi connectivity index (χ3n) is 5.36. The van der Waals surface area contributed by atoms with Crippen molar-refractivity contribution in [1.29, 1.82) is 0 Å². The van der Waals surface area contributed by atoms with E-state index in [2.05, 4.69) is 41.2 Å². The lowest BCUT2D eigenvalue weighted by Gasteiger charge is -2.39. The molecule has 1 aromatic carbocycles. The zero-order valence-corrected chi connectivity index (χ0v) is 14.4. The van der Waals surface area contributed by atoms with E-state index in [4.69, 9.17) is 0 Å². The molecule has 0 bridgehead atoms. The highest BCUT2D eigenvalue weighted by Gasteiger charge is 2.43. The van der Waals surface area contributed by atoms with Crippen molar-refractivity contribution in [2.24, 2.45) is 7.05 Å². The summed E-state index contributed by atoms with van der Waals surface area (Å²) in [6.07, 6.45) is 6.38. The van der Waals surface area contributed by atoms with Gasteiger partial charge in [0.1, 0.15) is 0 Å². The van der Waals surface area contributed by atoms with Gasteiger partial charge in [-0.05, 0) is 25.3 Å². The van der Waals surface area contributed by atoms with Crippen LogP contribution in [-0.4, -0.2) is 39.2 Å². The number of aromatic nitrogens is 2. The second kappa shape index (κ2) is 6.06. The number of amides is 1. The first-order valence-corrected chi connectivity index (χ1v) is 8.72. The fourth-order valence-electron chi connectivity index (χ4n) is 4.15. The van der Waals surface area contributed by atoms with Crippen LogP contribution < -0.4 is 4.90 Å². The molecule has 0 spiro atoms. The molecule has 2 saturated heterocycles. The first-order chi connectivity index (χ1) is 11.6. The van der Waals surface area contributed by atoms with Gasteiger partial charge in [-0.15, -0.1) is 0 Å². The lowest BCUT2D eigenvalue weighted by Crippen LogP contribution is -2.52. The van der Waals surface area contributed by atoms with Gasteiger partial charge in [0.05, 0.1) is 17.9 Å². The number of likely N-dealkylation sites (tertiary alicyclic amines) is 1. The summed E-state index contributed by atoms with van der Waals surface area (Å²) in [7, 11) is 1.90. The number of carbonyl (C=O) groups is 1. The van der Waals surface area contributed by atoms with E-state index < -0.39 is 0 Å². The third-order valence-corrected chi connectivity index (χ3v) is 5.36. The molecule has 2 aliphatic rings. The van der Waals surface area contributed by atoms with Crippen LogP contribution in [0.3, 0.4) is 0 Å². The minimum Gasteiger partial charge on any atom is -0.305 e. The van der Waals surface area contributed by atoms with Crippen molar-refractivity contribution in [3.05, 3.63) is 47.8 Å². The average Bonchev–Trinajstić information content (AvgIpc) is 3.16. The molecule has 0 unspecified atom stereocenters. The summed E-state index contributed by atoms with van der Waals surface area (Å²) < 4.78 is 1.77. The van der Waals surface area contributed by atoms with Gasteiger partial charge >= 0.3 is 0 Å². The maximum Gasteiger partial charge on any atom is 0.227 e. The van der Waals surface area contributed by atoms with Crippen molar-refractivity contribution in [3.8, 4) is 0 Å². The van der Waals surface area contributed by atoms with Gasteiger partial charge in [-0.25, -0.2) is 0 Å². The Morgan fingerprint density at radius 3 is 2.67 bits per heavy atom. The lowest BCUT2D eigenvalue weighted by molar-refractivity contribution is -0.120. The molecule has 5 nitrogen and oxygen atoms in total. The number of fused-ring (bicyclic) bond motifs is 1. The van der Waals surface area contributed by atoms with Crippen LogP contribution >= 0.6 is 0 Å². The van der Waals surface area contributed by atoms with E-state index in [1.807, 2.05) is 24.3 Å². The normalized spacial score (nSPS) is 24.4. The smallest absolute Gasteiger partial charge is 0.227 e. The van der Waals surface area contributed by atoms with Crippen LogP contribution in [0.15, 0.2) is 36.7 Å². The van der Waals surface area contributed by atoms with Crippen molar-refractivity contribution >= 4 is 11.6 Å². The Balaban J connectivity index is 1.54. The number of nitrogens with zero attached hydrogens (tertiary/aromatic N) is 4. The summed E-state index contributed by atoms with van der Waals surface area (Å²) in [5, 5.41) is 4.24. The van der Waals surface area contributed by atoms with Gasteiger partial charge in [-0.3, -0.25) is 14.4 Å². The first kappa shape index (κ1) is 15.4.